The topological polar surface area (TPSA) is 95.3 Å². The van der Waals surface area contributed by atoms with Gasteiger partial charge in [0.2, 0.25) is 5.28 Å². The summed E-state index contributed by atoms with van der Waals surface area (Å²) in [4.78, 5) is 18.0. The molecule has 8 heteroatoms. The van der Waals surface area contributed by atoms with Crippen LogP contribution in [0.4, 0.5) is 5.82 Å². The molecule has 1 heterocycles. The molecular formula is C8H9Cl2N3O3. The van der Waals surface area contributed by atoms with Gasteiger partial charge in [-0.1, -0.05) is 11.6 Å². The standard InChI is InChI=1S/C8H9Cl2N3O3/c1-3(2-14)11-6-4(9)5(7(15)16)12-8(10)13-6/h3,14H,2H2,1H3,(H,15,16)(H,11,12,13)/t3-/m1/s1. The number of anilines is 1. The quantitative estimate of drug-likeness (QED) is 0.710. The Hall–Kier alpha value is -1.11. The number of nitrogens with one attached hydrogen (secondary N) is 1. The van der Waals surface area contributed by atoms with Crippen molar-refractivity contribution in [2.24, 2.45) is 0 Å². The molecule has 1 aromatic rings. The summed E-state index contributed by atoms with van der Waals surface area (Å²) in [7, 11) is 0. The number of hydrogen-bond acceptors (Lipinski definition) is 5. The van der Waals surface area contributed by atoms with E-state index in [2.05, 4.69) is 15.3 Å². The van der Waals surface area contributed by atoms with E-state index in [0.717, 1.165) is 0 Å². The third kappa shape index (κ3) is 2.94. The third-order valence-electron chi connectivity index (χ3n) is 1.68. The van der Waals surface area contributed by atoms with Crippen molar-refractivity contribution in [2.75, 3.05) is 11.9 Å². The van der Waals surface area contributed by atoms with Gasteiger partial charge in [-0.25, -0.2) is 9.78 Å². The molecule has 0 saturated carbocycles. The summed E-state index contributed by atoms with van der Waals surface area (Å²) in [5, 5.41) is 20.0. The molecule has 0 fully saturated rings. The highest BCUT2D eigenvalue weighted by Gasteiger charge is 2.18. The summed E-state index contributed by atoms with van der Waals surface area (Å²) < 4.78 is 0. The SMILES string of the molecule is C[C@H](CO)Nc1nc(Cl)nc(C(=O)O)c1Cl. The second kappa shape index (κ2) is 5.29. The van der Waals surface area contributed by atoms with Crippen LogP contribution in [0, 0.1) is 0 Å². The van der Waals surface area contributed by atoms with E-state index in [1.165, 1.54) is 0 Å². The molecule has 6 nitrogen and oxygen atoms in total. The molecule has 1 aromatic heterocycles. The Balaban J connectivity index is 3.14. The van der Waals surface area contributed by atoms with Crippen LogP contribution in [0.2, 0.25) is 10.3 Å². The van der Waals surface area contributed by atoms with Gasteiger partial charge in [0.25, 0.3) is 0 Å². The number of aliphatic hydroxyl groups excluding tert-OH is 1. The van der Waals surface area contributed by atoms with Crippen molar-refractivity contribution >= 4 is 35.0 Å². The number of carboxylic acid groups (broad SMARTS) is 1. The number of aromatic nitrogens is 2. The van der Waals surface area contributed by atoms with Crippen LogP contribution < -0.4 is 5.32 Å². The van der Waals surface area contributed by atoms with Crippen LogP contribution >= 0.6 is 23.2 Å². The zero-order chi connectivity index (χ0) is 12.3. The van der Waals surface area contributed by atoms with Crippen LogP contribution in [0.5, 0.6) is 0 Å². The minimum Gasteiger partial charge on any atom is -0.476 e. The average molecular weight is 266 g/mol. The molecular weight excluding hydrogens is 257 g/mol. The van der Waals surface area contributed by atoms with Crippen molar-refractivity contribution in [1.82, 2.24) is 9.97 Å². The maximum absolute atomic E-state index is 10.8. The van der Waals surface area contributed by atoms with Crippen molar-refractivity contribution in [1.29, 1.82) is 0 Å². The molecule has 0 saturated heterocycles. The van der Waals surface area contributed by atoms with Crippen LogP contribution in [0.15, 0.2) is 0 Å². The smallest absolute Gasteiger partial charge is 0.356 e. The van der Waals surface area contributed by atoms with Gasteiger partial charge < -0.3 is 15.5 Å². The highest BCUT2D eigenvalue weighted by atomic mass is 35.5. The Labute approximate surface area is 101 Å². The lowest BCUT2D eigenvalue weighted by atomic mass is 10.3. The van der Waals surface area contributed by atoms with Crippen LogP contribution in [-0.4, -0.2) is 38.8 Å². The van der Waals surface area contributed by atoms with Gasteiger partial charge in [0.05, 0.1) is 6.61 Å². The number of carbonyl (C=O) groups is 1. The van der Waals surface area contributed by atoms with Gasteiger partial charge in [0, 0.05) is 6.04 Å². The molecule has 0 amide bonds. The van der Waals surface area contributed by atoms with Gasteiger partial charge in [-0.05, 0) is 18.5 Å². The van der Waals surface area contributed by atoms with Gasteiger partial charge in [-0.3, -0.25) is 0 Å². The molecule has 0 aliphatic rings. The lowest BCUT2D eigenvalue weighted by Crippen LogP contribution is -2.21. The van der Waals surface area contributed by atoms with E-state index in [4.69, 9.17) is 33.4 Å². The molecule has 0 spiro atoms. The van der Waals surface area contributed by atoms with E-state index in [9.17, 15) is 4.79 Å². The first-order chi connectivity index (χ1) is 7.45. The Morgan fingerprint density at radius 3 is 2.62 bits per heavy atom. The van der Waals surface area contributed by atoms with Gasteiger partial charge in [0.15, 0.2) is 11.5 Å². The molecule has 0 radical (unpaired) electrons. The Bertz CT molecular complexity index is 414. The lowest BCUT2D eigenvalue weighted by Gasteiger charge is -2.13. The van der Waals surface area contributed by atoms with Crippen molar-refractivity contribution in [3.8, 4) is 0 Å². The number of aliphatic hydroxyl groups is 1. The number of nitrogens with zero attached hydrogens (tertiary/aromatic N) is 2. The van der Waals surface area contributed by atoms with Crippen LogP contribution in [0.3, 0.4) is 0 Å². The van der Waals surface area contributed by atoms with Crippen molar-refractivity contribution in [3.63, 3.8) is 0 Å². The fraction of sp³-hybridized carbons (Fsp3) is 0.375. The van der Waals surface area contributed by atoms with Crippen molar-refractivity contribution in [2.45, 2.75) is 13.0 Å². The van der Waals surface area contributed by atoms with Crippen molar-refractivity contribution in [3.05, 3.63) is 16.0 Å². The molecule has 0 aliphatic carbocycles. The molecule has 88 valence electrons. The summed E-state index contributed by atoms with van der Waals surface area (Å²) in [5.74, 6) is -1.21. The molecule has 16 heavy (non-hydrogen) atoms. The van der Waals surface area contributed by atoms with E-state index in [0.29, 0.717) is 0 Å². The summed E-state index contributed by atoms with van der Waals surface area (Å²) in [6.07, 6.45) is 0. The Morgan fingerprint density at radius 2 is 2.12 bits per heavy atom. The summed E-state index contributed by atoms with van der Waals surface area (Å²) in [5.41, 5.74) is -0.380. The molecule has 0 unspecified atom stereocenters. The third-order valence-corrected chi connectivity index (χ3v) is 2.21. The first-order valence-corrected chi connectivity index (χ1v) is 5.05. The number of hydrogen-bond donors (Lipinski definition) is 3. The van der Waals surface area contributed by atoms with E-state index in [1.54, 1.807) is 6.92 Å². The van der Waals surface area contributed by atoms with Gasteiger partial charge in [-0.15, -0.1) is 0 Å². The maximum Gasteiger partial charge on any atom is 0.356 e. The van der Waals surface area contributed by atoms with E-state index in [1.807, 2.05) is 0 Å². The monoisotopic (exact) mass is 265 g/mol. The zero-order valence-corrected chi connectivity index (χ0v) is 9.75. The van der Waals surface area contributed by atoms with E-state index >= 15 is 0 Å². The second-order valence-corrected chi connectivity index (χ2v) is 3.75. The van der Waals surface area contributed by atoms with Crippen molar-refractivity contribution < 1.29 is 15.0 Å². The fourth-order valence-corrected chi connectivity index (χ4v) is 1.33. The zero-order valence-electron chi connectivity index (χ0n) is 8.24. The molecule has 0 aromatic carbocycles. The van der Waals surface area contributed by atoms with E-state index in [-0.39, 0.29) is 34.5 Å². The number of halogens is 2. The largest absolute Gasteiger partial charge is 0.476 e. The highest BCUT2D eigenvalue weighted by molar-refractivity contribution is 6.36. The normalized spacial score (nSPS) is 12.2. The Morgan fingerprint density at radius 1 is 1.50 bits per heavy atom. The molecule has 3 N–H and O–H groups in total. The predicted octanol–water partition coefficient (Wildman–Crippen LogP) is 1.27. The maximum atomic E-state index is 10.8. The molecule has 1 atom stereocenters. The predicted molar refractivity (Wildman–Crippen MR) is 59.2 cm³/mol. The first kappa shape index (κ1) is 13.0. The summed E-state index contributed by atoms with van der Waals surface area (Å²) >= 11 is 11.3. The molecule has 1 rings (SSSR count). The van der Waals surface area contributed by atoms with Gasteiger partial charge >= 0.3 is 5.97 Å². The molecule has 0 bridgehead atoms. The first-order valence-electron chi connectivity index (χ1n) is 4.29. The summed E-state index contributed by atoms with van der Waals surface area (Å²) in [6, 6.07) is -0.329. The fourth-order valence-electron chi connectivity index (χ4n) is 0.936. The second-order valence-electron chi connectivity index (χ2n) is 3.04. The lowest BCUT2D eigenvalue weighted by molar-refractivity contribution is 0.0690. The van der Waals surface area contributed by atoms with Crippen LogP contribution in [-0.2, 0) is 0 Å². The van der Waals surface area contributed by atoms with Crippen LogP contribution in [0.25, 0.3) is 0 Å². The van der Waals surface area contributed by atoms with Gasteiger partial charge in [-0.2, -0.15) is 4.98 Å². The molecule has 0 aliphatic heterocycles. The Kier molecular flexibility index (Phi) is 4.28. The van der Waals surface area contributed by atoms with E-state index < -0.39 is 5.97 Å². The van der Waals surface area contributed by atoms with Gasteiger partial charge in [0.1, 0.15) is 5.02 Å². The summed E-state index contributed by atoms with van der Waals surface area (Å²) in [6.45, 7) is 1.52. The number of aromatic carboxylic acids is 1. The number of rotatable bonds is 4. The minimum atomic E-state index is -1.30. The van der Waals surface area contributed by atoms with Crippen LogP contribution in [0.1, 0.15) is 17.4 Å². The highest BCUT2D eigenvalue weighted by Crippen LogP contribution is 2.24. The average Bonchev–Trinajstić information content (AvgIpc) is 2.22. The number of carboxylic acids is 1. The minimum absolute atomic E-state index is 0.0839.